The van der Waals surface area contributed by atoms with Gasteiger partial charge in [0.1, 0.15) is 0 Å². The Balaban J connectivity index is 2.45. The Kier molecular flexibility index (Phi) is 1.95. The van der Waals surface area contributed by atoms with Gasteiger partial charge < -0.3 is 4.90 Å². The summed E-state index contributed by atoms with van der Waals surface area (Å²) in [5, 5.41) is 0. The molecule has 2 nitrogen and oxygen atoms in total. The molecule has 0 bridgehead atoms. The summed E-state index contributed by atoms with van der Waals surface area (Å²) in [6.45, 7) is 6.32. The van der Waals surface area contributed by atoms with E-state index in [-0.39, 0.29) is 5.91 Å². The van der Waals surface area contributed by atoms with E-state index in [0.29, 0.717) is 17.9 Å². The maximum Gasteiger partial charge on any atom is 0.222 e. The first-order valence-electron chi connectivity index (χ1n) is 4.24. The molecule has 64 valence electrons. The van der Waals surface area contributed by atoms with Gasteiger partial charge in [0.25, 0.3) is 0 Å². The van der Waals surface area contributed by atoms with Crippen LogP contribution in [0.1, 0.15) is 33.6 Å². The summed E-state index contributed by atoms with van der Waals surface area (Å²) in [7, 11) is 1.91. The number of carbonyl (C=O) groups is 1. The van der Waals surface area contributed by atoms with Gasteiger partial charge in [-0.25, -0.2) is 0 Å². The van der Waals surface area contributed by atoms with E-state index in [2.05, 4.69) is 13.8 Å². The SMILES string of the molecule is CCC(=O)N(C)C1CC1(C)C. The smallest absolute Gasteiger partial charge is 0.222 e. The molecule has 0 saturated heterocycles. The fourth-order valence-corrected chi connectivity index (χ4v) is 1.52. The highest BCUT2D eigenvalue weighted by Gasteiger charge is 2.49. The first-order chi connectivity index (χ1) is 4.99. The van der Waals surface area contributed by atoms with Crippen LogP contribution in [-0.2, 0) is 4.79 Å². The molecule has 0 radical (unpaired) electrons. The van der Waals surface area contributed by atoms with Crippen molar-refractivity contribution in [1.29, 1.82) is 0 Å². The third kappa shape index (κ3) is 1.55. The van der Waals surface area contributed by atoms with Crippen LogP contribution in [0.4, 0.5) is 0 Å². The second kappa shape index (κ2) is 2.50. The quantitative estimate of drug-likeness (QED) is 0.594. The van der Waals surface area contributed by atoms with Gasteiger partial charge in [0.05, 0.1) is 0 Å². The molecule has 1 unspecified atom stereocenters. The van der Waals surface area contributed by atoms with Gasteiger partial charge in [0.2, 0.25) is 5.91 Å². The van der Waals surface area contributed by atoms with Gasteiger partial charge in [0.15, 0.2) is 0 Å². The van der Waals surface area contributed by atoms with Crippen LogP contribution in [0.15, 0.2) is 0 Å². The largest absolute Gasteiger partial charge is 0.342 e. The lowest BCUT2D eigenvalue weighted by Crippen LogP contribution is -2.30. The summed E-state index contributed by atoms with van der Waals surface area (Å²) < 4.78 is 0. The third-order valence-electron chi connectivity index (χ3n) is 2.62. The van der Waals surface area contributed by atoms with Gasteiger partial charge >= 0.3 is 0 Å². The highest BCUT2D eigenvalue weighted by molar-refractivity contribution is 5.76. The fourth-order valence-electron chi connectivity index (χ4n) is 1.52. The molecule has 11 heavy (non-hydrogen) atoms. The van der Waals surface area contributed by atoms with Crippen LogP contribution in [0.3, 0.4) is 0 Å². The van der Waals surface area contributed by atoms with E-state index in [1.165, 1.54) is 0 Å². The molecule has 1 rings (SSSR count). The molecule has 2 heteroatoms. The van der Waals surface area contributed by atoms with Crippen molar-refractivity contribution in [2.24, 2.45) is 5.41 Å². The zero-order valence-corrected chi connectivity index (χ0v) is 7.85. The lowest BCUT2D eigenvalue weighted by atomic mass is 10.2. The lowest BCUT2D eigenvalue weighted by Gasteiger charge is -2.17. The molecule has 0 heterocycles. The summed E-state index contributed by atoms with van der Waals surface area (Å²) in [4.78, 5) is 13.1. The number of carbonyl (C=O) groups excluding carboxylic acids is 1. The Bertz CT molecular complexity index is 174. The summed E-state index contributed by atoms with van der Waals surface area (Å²) in [6, 6.07) is 0.495. The summed E-state index contributed by atoms with van der Waals surface area (Å²) in [5.74, 6) is 0.264. The van der Waals surface area contributed by atoms with Crippen LogP contribution in [0, 0.1) is 5.41 Å². The van der Waals surface area contributed by atoms with Gasteiger partial charge in [-0.2, -0.15) is 0 Å². The van der Waals surface area contributed by atoms with Crippen LogP contribution in [-0.4, -0.2) is 23.9 Å². The molecule has 0 aromatic heterocycles. The second-order valence-corrected chi connectivity index (χ2v) is 4.07. The average Bonchev–Trinajstić information content (AvgIpc) is 2.56. The van der Waals surface area contributed by atoms with Gasteiger partial charge in [-0.1, -0.05) is 20.8 Å². The first-order valence-corrected chi connectivity index (χ1v) is 4.24. The number of nitrogens with zero attached hydrogens (tertiary/aromatic N) is 1. The van der Waals surface area contributed by atoms with Crippen molar-refractivity contribution in [3.05, 3.63) is 0 Å². The van der Waals surface area contributed by atoms with Crippen molar-refractivity contribution >= 4 is 5.91 Å². The zero-order chi connectivity index (χ0) is 8.65. The van der Waals surface area contributed by atoms with Gasteiger partial charge in [-0.3, -0.25) is 4.79 Å². The Morgan fingerprint density at radius 2 is 2.09 bits per heavy atom. The van der Waals surface area contributed by atoms with Crippen molar-refractivity contribution in [2.75, 3.05) is 7.05 Å². The minimum absolute atomic E-state index is 0.264. The fraction of sp³-hybridized carbons (Fsp3) is 0.889. The molecular formula is C9H17NO. The molecule has 1 aliphatic carbocycles. The van der Waals surface area contributed by atoms with Crippen molar-refractivity contribution in [3.8, 4) is 0 Å². The van der Waals surface area contributed by atoms with Crippen LogP contribution in [0.2, 0.25) is 0 Å². The molecule has 0 spiro atoms. The van der Waals surface area contributed by atoms with Gasteiger partial charge in [0, 0.05) is 19.5 Å². The van der Waals surface area contributed by atoms with Crippen LogP contribution in [0.25, 0.3) is 0 Å². The zero-order valence-electron chi connectivity index (χ0n) is 7.85. The second-order valence-electron chi connectivity index (χ2n) is 4.07. The van der Waals surface area contributed by atoms with Gasteiger partial charge in [-0.15, -0.1) is 0 Å². The van der Waals surface area contributed by atoms with E-state index in [1.54, 1.807) is 0 Å². The molecule has 1 amide bonds. The molecule has 0 N–H and O–H groups in total. The van der Waals surface area contributed by atoms with E-state index in [0.717, 1.165) is 6.42 Å². The highest BCUT2D eigenvalue weighted by atomic mass is 16.2. The van der Waals surface area contributed by atoms with E-state index >= 15 is 0 Å². The minimum atomic E-state index is 0.264. The van der Waals surface area contributed by atoms with E-state index < -0.39 is 0 Å². The standard InChI is InChI=1S/C9H17NO/c1-5-8(11)10(4)7-6-9(7,2)3/h7H,5-6H2,1-4H3. The Hall–Kier alpha value is -0.530. The van der Waals surface area contributed by atoms with E-state index in [1.807, 2.05) is 18.9 Å². The van der Waals surface area contributed by atoms with Crippen molar-refractivity contribution in [1.82, 2.24) is 4.90 Å². The normalized spacial score (nSPS) is 26.4. The Labute approximate surface area is 68.6 Å². The minimum Gasteiger partial charge on any atom is -0.342 e. The van der Waals surface area contributed by atoms with Crippen LogP contribution >= 0.6 is 0 Å². The summed E-state index contributed by atoms with van der Waals surface area (Å²) in [6.07, 6.45) is 1.79. The molecule has 1 fully saturated rings. The topological polar surface area (TPSA) is 20.3 Å². The van der Waals surface area contributed by atoms with Crippen LogP contribution in [0.5, 0.6) is 0 Å². The maximum absolute atomic E-state index is 11.2. The Morgan fingerprint density at radius 1 is 1.64 bits per heavy atom. The van der Waals surface area contributed by atoms with Crippen molar-refractivity contribution in [2.45, 2.75) is 39.7 Å². The first kappa shape index (κ1) is 8.57. The highest BCUT2D eigenvalue weighted by Crippen LogP contribution is 2.48. The van der Waals surface area contributed by atoms with E-state index in [4.69, 9.17) is 0 Å². The lowest BCUT2D eigenvalue weighted by molar-refractivity contribution is -0.130. The molecule has 1 saturated carbocycles. The Morgan fingerprint density at radius 3 is 2.36 bits per heavy atom. The van der Waals surface area contributed by atoms with Crippen molar-refractivity contribution in [3.63, 3.8) is 0 Å². The predicted octanol–water partition coefficient (Wildman–Crippen LogP) is 1.65. The summed E-state index contributed by atoms with van der Waals surface area (Å²) in [5.41, 5.74) is 0.375. The van der Waals surface area contributed by atoms with E-state index in [9.17, 15) is 4.79 Å². The average molecular weight is 155 g/mol. The van der Waals surface area contributed by atoms with Gasteiger partial charge in [-0.05, 0) is 11.8 Å². The number of hydrogen-bond acceptors (Lipinski definition) is 1. The third-order valence-corrected chi connectivity index (χ3v) is 2.62. The van der Waals surface area contributed by atoms with Crippen molar-refractivity contribution < 1.29 is 4.79 Å². The molecule has 0 aromatic carbocycles. The molecule has 0 aliphatic heterocycles. The molecule has 1 aliphatic rings. The molecular weight excluding hydrogens is 138 g/mol. The predicted molar refractivity (Wildman–Crippen MR) is 45.2 cm³/mol. The maximum atomic E-state index is 11.2. The molecule has 0 aromatic rings. The van der Waals surface area contributed by atoms with Crippen LogP contribution < -0.4 is 0 Å². The summed E-state index contributed by atoms with van der Waals surface area (Å²) >= 11 is 0. The molecule has 1 atom stereocenters. The monoisotopic (exact) mass is 155 g/mol. The number of amides is 1. The number of hydrogen-bond donors (Lipinski definition) is 0. The number of rotatable bonds is 2.